The maximum atomic E-state index is 12.2. The topological polar surface area (TPSA) is 62.3 Å². The summed E-state index contributed by atoms with van der Waals surface area (Å²) in [6.45, 7) is 3.57. The summed E-state index contributed by atoms with van der Waals surface area (Å²) in [5.74, 6) is 0.963. The molecular formula is C19H23N3O2S. The zero-order valence-corrected chi connectivity index (χ0v) is 15.1. The number of aryl methyl sites for hydroxylation is 1. The molecule has 3 rings (SSSR count). The molecule has 1 fully saturated rings. The molecule has 0 radical (unpaired) electrons. The zero-order chi connectivity index (χ0) is 17.7. The fourth-order valence-electron chi connectivity index (χ4n) is 2.94. The monoisotopic (exact) mass is 357 g/mol. The maximum absolute atomic E-state index is 12.2. The van der Waals surface area contributed by atoms with Crippen molar-refractivity contribution in [2.24, 2.45) is 0 Å². The Morgan fingerprint density at radius 2 is 1.80 bits per heavy atom. The molecule has 0 amide bonds. The molecule has 1 aromatic heterocycles. The van der Waals surface area contributed by atoms with Crippen molar-refractivity contribution in [3.8, 4) is 0 Å². The number of piperidine rings is 1. The molecule has 6 heteroatoms. The normalized spacial score (nSPS) is 16.4. The summed E-state index contributed by atoms with van der Waals surface area (Å²) in [5, 5.41) is 1.25. The molecule has 1 N–H and O–H groups in total. The third-order valence-corrected chi connectivity index (χ3v) is 5.42. The summed E-state index contributed by atoms with van der Waals surface area (Å²) in [5.41, 5.74) is 1.86. The molecule has 1 aromatic carbocycles. The Labute approximate surface area is 149 Å². The largest absolute Gasteiger partial charge is 0.356 e. The predicted molar refractivity (Wildman–Crippen MR) is 102 cm³/mol. The van der Waals surface area contributed by atoms with Crippen molar-refractivity contribution in [3.05, 3.63) is 65.2 Å². The SMILES string of the molecule is Cc1cccc(N2CCC(NS(=O)(=O)C=Cc3ccccc3)CC2)n1. The number of rotatable bonds is 5. The van der Waals surface area contributed by atoms with Crippen LogP contribution >= 0.6 is 0 Å². The Morgan fingerprint density at radius 1 is 1.08 bits per heavy atom. The van der Waals surface area contributed by atoms with Gasteiger partial charge in [0.2, 0.25) is 10.0 Å². The second-order valence-electron chi connectivity index (χ2n) is 6.27. The van der Waals surface area contributed by atoms with Crippen molar-refractivity contribution in [1.29, 1.82) is 0 Å². The Hall–Kier alpha value is -2.18. The average Bonchev–Trinajstić information content (AvgIpc) is 2.61. The molecule has 0 aliphatic carbocycles. The van der Waals surface area contributed by atoms with Crippen molar-refractivity contribution in [2.75, 3.05) is 18.0 Å². The number of hydrogen-bond donors (Lipinski definition) is 1. The fraction of sp³-hybridized carbons (Fsp3) is 0.316. The van der Waals surface area contributed by atoms with Crippen LogP contribution in [0.4, 0.5) is 5.82 Å². The molecule has 2 heterocycles. The van der Waals surface area contributed by atoms with Crippen molar-refractivity contribution in [2.45, 2.75) is 25.8 Å². The first-order chi connectivity index (χ1) is 12.0. The van der Waals surface area contributed by atoms with Crippen molar-refractivity contribution in [1.82, 2.24) is 9.71 Å². The van der Waals surface area contributed by atoms with Crippen LogP contribution in [0.3, 0.4) is 0 Å². The van der Waals surface area contributed by atoms with E-state index in [0.717, 1.165) is 43.0 Å². The Morgan fingerprint density at radius 3 is 2.48 bits per heavy atom. The van der Waals surface area contributed by atoms with E-state index in [4.69, 9.17) is 0 Å². The van der Waals surface area contributed by atoms with E-state index >= 15 is 0 Å². The zero-order valence-electron chi connectivity index (χ0n) is 14.3. The van der Waals surface area contributed by atoms with E-state index in [1.165, 1.54) is 5.41 Å². The summed E-state index contributed by atoms with van der Waals surface area (Å²) >= 11 is 0. The lowest BCUT2D eigenvalue weighted by Crippen LogP contribution is -2.44. The van der Waals surface area contributed by atoms with Gasteiger partial charge in [0.15, 0.2) is 0 Å². The number of hydrogen-bond acceptors (Lipinski definition) is 4. The molecule has 25 heavy (non-hydrogen) atoms. The van der Waals surface area contributed by atoms with E-state index in [0.29, 0.717) is 0 Å². The quantitative estimate of drug-likeness (QED) is 0.894. The molecular weight excluding hydrogens is 334 g/mol. The smallest absolute Gasteiger partial charge is 0.233 e. The predicted octanol–water partition coefficient (Wildman–Crippen LogP) is 2.95. The molecule has 1 aliphatic rings. The minimum Gasteiger partial charge on any atom is -0.356 e. The van der Waals surface area contributed by atoms with E-state index in [1.807, 2.05) is 55.5 Å². The van der Waals surface area contributed by atoms with Gasteiger partial charge in [0.05, 0.1) is 0 Å². The highest BCUT2D eigenvalue weighted by atomic mass is 32.2. The van der Waals surface area contributed by atoms with Gasteiger partial charge in [-0.25, -0.2) is 18.1 Å². The van der Waals surface area contributed by atoms with Gasteiger partial charge in [-0.3, -0.25) is 0 Å². The van der Waals surface area contributed by atoms with Crippen LogP contribution in [0.2, 0.25) is 0 Å². The third kappa shape index (κ3) is 5.14. The highest BCUT2D eigenvalue weighted by Gasteiger charge is 2.23. The van der Waals surface area contributed by atoms with Crippen LogP contribution in [0.1, 0.15) is 24.1 Å². The van der Waals surface area contributed by atoms with E-state index in [1.54, 1.807) is 6.08 Å². The van der Waals surface area contributed by atoms with Crippen LogP contribution in [0.5, 0.6) is 0 Å². The number of nitrogens with one attached hydrogen (secondary N) is 1. The summed E-state index contributed by atoms with van der Waals surface area (Å²) in [6.07, 6.45) is 3.16. The van der Waals surface area contributed by atoms with Gasteiger partial charge in [-0.2, -0.15) is 0 Å². The number of benzene rings is 1. The van der Waals surface area contributed by atoms with Gasteiger partial charge in [-0.1, -0.05) is 36.4 Å². The van der Waals surface area contributed by atoms with E-state index in [2.05, 4.69) is 14.6 Å². The standard InChI is InChI=1S/C19H23N3O2S/c1-16-6-5-9-19(20-16)22-13-10-18(11-14-22)21-25(23,24)15-12-17-7-3-2-4-8-17/h2-9,12,15,18,21H,10-11,13-14H2,1H3. The molecule has 0 spiro atoms. The second kappa shape index (κ2) is 7.80. The van der Waals surface area contributed by atoms with Crippen LogP contribution in [-0.4, -0.2) is 32.5 Å². The molecule has 2 aromatic rings. The maximum Gasteiger partial charge on any atom is 0.233 e. The first-order valence-electron chi connectivity index (χ1n) is 8.46. The summed E-state index contributed by atoms with van der Waals surface area (Å²) in [7, 11) is -3.43. The van der Waals surface area contributed by atoms with Gasteiger partial charge in [0, 0.05) is 30.2 Å². The number of nitrogens with zero attached hydrogens (tertiary/aromatic N) is 2. The Bertz CT molecular complexity index is 827. The Balaban J connectivity index is 1.55. The molecule has 5 nitrogen and oxygen atoms in total. The van der Waals surface area contributed by atoms with Crippen LogP contribution in [0, 0.1) is 6.92 Å². The van der Waals surface area contributed by atoms with Gasteiger partial charge >= 0.3 is 0 Å². The molecule has 0 saturated carbocycles. The highest BCUT2D eigenvalue weighted by Crippen LogP contribution is 2.18. The first kappa shape index (κ1) is 17.6. The van der Waals surface area contributed by atoms with Gasteiger partial charge in [-0.05, 0) is 43.5 Å². The molecule has 1 aliphatic heterocycles. The van der Waals surface area contributed by atoms with Gasteiger partial charge in [0.25, 0.3) is 0 Å². The highest BCUT2D eigenvalue weighted by molar-refractivity contribution is 7.92. The van der Waals surface area contributed by atoms with E-state index < -0.39 is 10.0 Å². The van der Waals surface area contributed by atoms with Crippen LogP contribution in [0.25, 0.3) is 6.08 Å². The molecule has 1 saturated heterocycles. The van der Waals surface area contributed by atoms with Crippen molar-refractivity contribution < 1.29 is 8.42 Å². The van der Waals surface area contributed by atoms with Crippen LogP contribution < -0.4 is 9.62 Å². The van der Waals surface area contributed by atoms with Crippen molar-refractivity contribution >= 4 is 21.9 Å². The summed E-state index contributed by atoms with van der Waals surface area (Å²) in [4.78, 5) is 6.74. The third-order valence-electron chi connectivity index (χ3n) is 4.26. The van der Waals surface area contributed by atoms with E-state index in [9.17, 15) is 8.42 Å². The Kier molecular flexibility index (Phi) is 5.50. The van der Waals surface area contributed by atoms with Crippen molar-refractivity contribution in [3.63, 3.8) is 0 Å². The van der Waals surface area contributed by atoms with Crippen LogP contribution in [0.15, 0.2) is 53.9 Å². The molecule has 0 atom stereocenters. The number of pyridine rings is 1. The summed E-state index contributed by atoms with van der Waals surface area (Å²) < 4.78 is 27.3. The molecule has 132 valence electrons. The number of sulfonamides is 1. The van der Waals surface area contributed by atoms with Gasteiger partial charge in [-0.15, -0.1) is 0 Å². The number of aromatic nitrogens is 1. The average molecular weight is 357 g/mol. The molecule has 0 unspecified atom stereocenters. The van der Waals surface area contributed by atoms with E-state index in [-0.39, 0.29) is 6.04 Å². The van der Waals surface area contributed by atoms with Gasteiger partial charge < -0.3 is 4.90 Å². The lowest BCUT2D eigenvalue weighted by Gasteiger charge is -2.32. The lowest BCUT2D eigenvalue weighted by atomic mass is 10.1. The minimum absolute atomic E-state index is 0.0357. The van der Waals surface area contributed by atoms with Crippen LogP contribution in [-0.2, 0) is 10.0 Å². The van der Waals surface area contributed by atoms with Gasteiger partial charge in [0.1, 0.15) is 5.82 Å². The number of anilines is 1. The first-order valence-corrected chi connectivity index (χ1v) is 10.0. The fourth-order valence-corrected chi connectivity index (χ4v) is 4.05. The lowest BCUT2D eigenvalue weighted by molar-refractivity contribution is 0.461. The summed E-state index contributed by atoms with van der Waals surface area (Å²) in [6, 6.07) is 15.4. The second-order valence-corrected chi connectivity index (χ2v) is 7.87. The minimum atomic E-state index is -3.43. The molecule has 0 bridgehead atoms.